The molecule has 1 aromatic rings. The number of H-pyrrole nitrogens is 1. The summed E-state index contributed by atoms with van der Waals surface area (Å²) < 4.78 is 0. The van der Waals surface area contributed by atoms with Crippen LogP contribution in [0.3, 0.4) is 0 Å². The van der Waals surface area contributed by atoms with Gasteiger partial charge in [-0.05, 0) is 44.1 Å². The van der Waals surface area contributed by atoms with Crippen molar-refractivity contribution in [2.75, 3.05) is 11.9 Å². The molecule has 0 radical (unpaired) electrons. The highest BCUT2D eigenvalue weighted by Gasteiger charge is 2.20. The Labute approximate surface area is 103 Å². The summed E-state index contributed by atoms with van der Waals surface area (Å²) >= 11 is 0. The summed E-state index contributed by atoms with van der Waals surface area (Å²) in [5.41, 5.74) is 2.53. The topological polar surface area (TPSA) is 51.6 Å². The molecule has 3 heteroatoms. The molecular weight excluding hydrogens is 210 g/mol. The van der Waals surface area contributed by atoms with E-state index in [0.717, 1.165) is 31.7 Å². The van der Waals surface area contributed by atoms with E-state index in [4.69, 9.17) is 5.26 Å². The lowest BCUT2D eigenvalue weighted by atomic mass is 9.83. The van der Waals surface area contributed by atoms with Crippen LogP contribution in [0.5, 0.6) is 0 Å². The number of nitrogens with one attached hydrogen (secondary N) is 2. The van der Waals surface area contributed by atoms with Gasteiger partial charge in [0.05, 0.1) is 11.8 Å². The van der Waals surface area contributed by atoms with Crippen LogP contribution < -0.4 is 5.32 Å². The fraction of sp³-hybridized carbons (Fsp3) is 0.643. The predicted molar refractivity (Wildman–Crippen MR) is 69.7 cm³/mol. The normalized spacial score (nSPS) is 24.2. The van der Waals surface area contributed by atoms with Gasteiger partial charge in [-0.2, -0.15) is 5.26 Å². The van der Waals surface area contributed by atoms with Crippen LogP contribution in [-0.4, -0.2) is 11.5 Å². The minimum Gasteiger partial charge on any atom is -0.383 e. The van der Waals surface area contributed by atoms with E-state index in [2.05, 4.69) is 29.4 Å². The number of hydrogen-bond donors (Lipinski definition) is 2. The Kier molecular flexibility index (Phi) is 4.08. The van der Waals surface area contributed by atoms with E-state index in [9.17, 15) is 0 Å². The van der Waals surface area contributed by atoms with Gasteiger partial charge in [0.2, 0.25) is 0 Å². The molecule has 92 valence electrons. The summed E-state index contributed by atoms with van der Waals surface area (Å²) in [5.74, 6) is 1.05. The summed E-state index contributed by atoms with van der Waals surface area (Å²) in [6, 6.07) is 4.50. The average Bonchev–Trinajstić information content (AvgIpc) is 2.84. The van der Waals surface area contributed by atoms with E-state index < -0.39 is 0 Å². The van der Waals surface area contributed by atoms with Gasteiger partial charge in [-0.1, -0.05) is 6.92 Å². The lowest BCUT2D eigenvalue weighted by molar-refractivity contribution is 0.327. The highest BCUT2D eigenvalue weighted by atomic mass is 14.9. The van der Waals surface area contributed by atoms with Gasteiger partial charge in [-0.25, -0.2) is 0 Å². The molecule has 1 saturated carbocycles. The van der Waals surface area contributed by atoms with Crippen LogP contribution in [0.1, 0.15) is 38.3 Å². The largest absolute Gasteiger partial charge is 0.383 e. The standard InChI is InChI=1S/C14H21N3/c1-2-13-14(7-8-16-13)17-10-12-5-3-11(9-15)4-6-12/h7-8,11-12,16-17H,2-6,10H2,1H3. The third-order valence-corrected chi connectivity index (χ3v) is 3.80. The Morgan fingerprint density at radius 3 is 2.82 bits per heavy atom. The SMILES string of the molecule is CCc1[nH]ccc1NCC1CCC(C#N)CC1. The summed E-state index contributed by atoms with van der Waals surface area (Å²) in [6.07, 6.45) is 7.58. The maximum Gasteiger partial charge on any atom is 0.0655 e. The number of aryl methyl sites for hydroxylation is 1. The zero-order valence-corrected chi connectivity index (χ0v) is 10.5. The van der Waals surface area contributed by atoms with Crippen molar-refractivity contribution >= 4 is 5.69 Å². The maximum absolute atomic E-state index is 8.86. The Bertz CT molecular complexity index is 380. The number of anilines is 1. The van der Waals surface area contributed by atoms with Crippen LogP contribution in [-0.2, 0) is 6.42 Å². The number of nitriles is 1. The monoisotopic (exact) mass is 231 g/mol. The molecule has 2 N–H and O–H groups in total. The molecule has 2 rings (SSSR count). The van der Waals surface area contributed by atoms with Gasteiger partial charge in [-0.3, -0.25) is 0 Å². The Morgan fingerprint density at radius 1 is 1.41 bits per heavy atom. The molecule has 1 aromatic heterocycles. The van der Waals surface area contributed by atoms with Crippen LogP contribution in [0.2, 0.25) is 0 Å². The molecule has 0 spiro atoms. The molecule has 0 saturated heterocycles. The molecule has 1 aliphatic carbocycles. The van der Waals surface area contributed by atoms with E-state index in [1.807, 2.05) is 6.20 Å². The van der Waals surface area contributed by atoms with Gasteiger partial charge in [0.1, 0.15) is 0 Å². The molecule has 0 aliphatic heterocycles. The van der Waals surface area contributed by atoms with Crippen molar-refractivity contribution < 1.29 is 0 Å². The second-order valence-electron chi connectivity index (χ2n) is 4.95. The van der Waals surface area contributed by atoms with Gasteiger partial charge in [0.15, 0.2) is 0 Å². The maximum atomic E-state index is 8.86. The minimum absolute atomic E-state index is 0.310. The van der Waals surface area contributed by atoms with E-state index in [0.29, 0.717) is 5.92 Å². The number of nitrogens with zero attached hydrogens (tertiary/aromatic N) is 1. The van der Waals surface area contributed by atoms with E-state index in [-0.39, 0.29) is 0 Å². The predicted octanol–water partition coefficient (Wildman–Crippen LogP) is 3.32. The van der Waals surface area contributed by atoms with Crippen LogP contribution in [0.15, 0.2) is 12.3 Å². The summed E-state index contributed by atoms with van der Waals surface area (Å²) in [7, 11) is 0. The molecule has 1 aliphatic rings. The number of rotatable bonds is 4. The van der Waals surface area contributed by atoms with Crippen LogP contribution >= 0.6 is 0 Å². The Balaban J connectivity index is 1.78. The van der Waals surface area contributed by atoms with E-state index in [1.165, 1.54) is 24.2 Å². The van der Waals surface area contributed by atoms with Crippen molar-refractivity contribution in [3.05, 3.63) is 18.0 Å². The van der Waals surface area contributed by atoms with Gasteiger partial charge in [0, 0.05) is 24.4 Å². The number of aromatic nitrogens is 1. The van der Waals surface area contributed by atoms with Crippen LogP contribution in [0, 0.1) is 23.2 Å². The highest BCUT2D eigenvalue weighted by molar-refractivity contribution is 5.48. The van der Waals surface area contributed by atoms with Crippen LogP contribution in [0.4, 0.5) is 5.69 Å². The van der Waals surface area contributed by atoms with Crippen molar-refractivity contribution in [2.24, 2.45) is 11.8 Å². The number of aromatic amines is 1. The molecule has 0 aromatic carbocycles. The molecule has 0 unspecified atom stereocenters. The molecular formula is C14H21N3. The average molecular weight is 231 g/mol. The van der Waals surface area contributed by atoms with Crippen molar-refractivity contribution in [2.45, 2.75) is 39.0 Å². The first kappa shape index (κ1) is 12.0. The minimum atomic E-state index is 0.310. The van der Waals surface area contributed by atoms with E-state index >= 15 is 0 Å². The number of hydrogen-bond acceptors (Lipinski definition) is 2. The fourth-order valence-electron chi connectivity index (χ4n) is 2.61. The first-order valence-electron chi connectivity index (χ1n) is 6.63. The molecule has 0 bridgehead atoms. The third kappa shape index (κ3) is 3.03. The van der Waals surface area contributed by atoms with Crippen molar-refractivity contribution in [3.8, 4) is 6.07 Å². The van der Waals surface area contributed by atoms with Gasteiger partial charge in [-0.15, -0.1) is 0 Å². The lowest BCUT2D eigenvalue weighted by Gasteiger charge is -2.25. The zero-order valence-electron chi connectivity index (χ0n) is 10.5. The van der Waals surface area contributed by atoms with Gasteiger partial charge < -0.3 is 10.3 Å². The summed E-state index contributed by atoms with van der Waals surface area (Å²) in [5, 5.41) is 12.4. The van der Waals surface area contributed by atoms with Crippen LogP contribution in [0.25, 0.3) is 0 Å². The lowest BCUT2D eigenvalue weighted by Crippen LogP contribution is -2.20. The smallest absolute Gasteiger partial charge is 0.0655 e. The first-order valence-corrected chi connectivity index (χ1v) is 6.63. The Hall–Kier alpha value is -1.43. The van der Waals surface area contributed by atoms with Crippen molar-refractivity contribution in [1.29, 1.82) is 5.26 Å². The molecule has 0 atom stereocenters. The fourth-order valence-corrected chi connectivity index (χ4v) is 2.61. The second-order valence-corrected chi connectivity index (χ2v) is 4.95. The molecule has 17 heavy (non-hydrogen) atoms. The summed E-state index contributed by atoms with van der Waals surface area (Å²) in [4.78, 5) is 3.25. The zero-order chi connectivity index (χ0) is 12.1. The van der Waals surface area contributed by atoms with Gasteiger partial charge >= 0.3 is 0 Å². The molecule has 0 amide bonds. The van der Waals surface area contributed by atoms with Gasteiger partial charge in [0.25, 0.3) is 0 Å². The summed E-state index contributed by atoms with van der Waals surface area (Å²) in [6.45, 7) is 3.21. The highest BCUT2D eigenvalue weighted by Crippen LogP contribution is 2.28. The molecule has 1 heterocycles. The Morgan fingerprint density at radius 2 is 2.18 bits per heavy atom. The first-order chi connectivity index (χ1) is 8.33. The molecule has 1 fully saturated rings. The third-order valence-electron chi connectivity index (χ3n) is 3.80. The quantitative estimate of drug-likeness (QED) is 0.835. The van der Waals surface area contributed by atoms with Crippen molar-refractivity contribution in [3.63, 3.8) is 0 Å². The molecule has 3 nitrogen and oxygen atoms in total. The van der Waals surface area contributed by atoms with Crippen molar-refractivity contribution in [1.82, 2.24) is 4.98 Å². The second kappa shape index (κ2) is 5.77. The van der Waals surface area contributed by atoms with E-state index in [1.54, 1.807) is 0 Å².